The van der Waals surface area contributed by atoms with Crippen LogP contribution in [0.25, 0.3) is 0 Å². The number of nitrogens with two attached hydrogens (primary N) is 1. The van der Waals surface area contributed by atoms with E-state index in [0.717, 1.165) is 19.5 Å². The standard InChI is InChI=1S/C11H19N3/c1-2-14-11(7-8-12)9-5-3-4-6-10(9)13-14/h2-8,12H2,1H3. The van der Waals surface area contributed by atoms with E-state index in [9.17, 15) is 0 Å². The highest BCUT2D eigenvalue weighted by Crippen LogP contribution is 2.24. The highest BCUT2D eigenvalue weighted by molar-refractivity contribution is 5.29. The van der Waals surface area contributed by atoms with Gasteiger partial charge in [0, 0.05) is 18.7 Å². The summed E-state index contributed by atoms with van der Waals surface area (Å²) in [5.41, 5.74) is 9.87. The molecule has 0 spiro atoms. The van der Waals surface area contributed by atoms with Gasteiger partial charge in [0.1, 0.15) is 0 Å². The monoisotopic (exact) mass is 193 g/mol. The Balaban J connectivity index is 2.37. The maximum atomic E-state index is 5.64. The van der Waals surface area contributed by atoms with Gasteiger partial charge >= 0.3 is 0 Å². The fourth-order valence-corrected chi connectivity index (χ4v) is 2.35. The molecule has 1 aromatic rings. The lowest BCUT2D eigenvalue weighted by molar-refractivity contribution is 0.609. The molecule has 0 aliphatic heterocycles. The molecule has 0 radical (unpaired) electrons. The van der Waals surface area contributed by atoms with Gasteiger partial charge in [-0.1, -0.05) is 0 Å². The normalized spacial score (nSPS) is 15.6. The Hall–Kier alpha value is -0.830. The average Bonchev–Trinajstić information content (AvgIpc) is 2.58. The van der Waals surface area contributed by atoms with Crippen molar-refractivity contribution in [3.05, 3.63) is 17.0 Å². The summed E-state index contributed by atoms with van der Waals surface area (Å²) in [5, 5.41) is 4.65. The van der Waals surface area contributed by atoms with Crippen molar-refractivity contribution in [3.63, 3.8) is 0 Å². The maximum absolute atomic E-state index is 5.64. The van der Waals surface area contributed by atoms with Crippen LogP contribution in [0.5, 0.6) is 0 Å². The number of aromatic nitrogens is 2. The summed E-state index contributed by atoms with van der Waals surface area (Å²) in [5.74, 6) is 0. The van der Waals surface area contributed by atoms with Crippen LogP contribution < -0.4 is 5.73 Å². The quantitative estimate of drug-likeness (QED) is 0.786. The van der Waals surface area contributed by atoms with E-state index in [1.165, 1.54) is 42.6 Å². The van der Waals surface area contributed by atoms with Crippen molar-refractivity contribution in [2.45, 2.75) is 45.6 Å². The summed E-state index contributed by atoms with van der Waals surface area (Å²) in [6, 6.07) is 0. The molecule has 1 aliphatic carbocycles. The fraction of sp³-hybridized carbons (Fsp3) is 0.727. The molecule has 3 nitrogen and oxygen atoms in total. The second kappa shape index (κ2) is 4.13. The van der Waals surface area contributed by atoms with Gasteiger partial charge in [0.05, 0.1) is 5.69 Å². The molecular weight excluding hydrogens is 174 g/mol. The van der Waals surface area contributed by atoms with Crippen molar-refractivity contribution in [3.8, 4) is 0 Å². The minimum atomic E-state index is 0.734. The highest BCUT2D eigenvalue weighted by atomic mass is 15.3. The van der Waals surface area contributed by atoms with E-state index in [0.29, 0.717) is 0 Å². The molecular formula is C11H19N3. The SMILES string of the molecule is CCn1nc2c(c1CCN)CCCC2. The maximum Gasteiger partial charge on any atom is 0.0659 e. The molecule has 0 unspecified atom stereocenters. The van der Waals surface area contributed by atoms with Gasteiger partial charge in [-0.15, -0.1) is 0 Å². The Kier molecular flexibility index (Phi) is 2.87. The van der Waals surface area contributed by atoms with Crippen LogP contribution in [-0.2, 0) is 25.8 Å². The predicted molar refractivity (Wildman–Crippen MR) is 57.3 cm³/mol. The van der Waals surface area contributed by atoms with E-state index >= 15 is 0 Å². The molecule has 0 aromatic carbocycles. The lowest BCUT2D eigenvalue weighted by Crippen LogP contribution is -2.11. The van der Waals surface area contributed by atoms with Crippen LogP contribution in [0.15, 0.2) is 0 Å². The van der Waals surface area contributed by atoms with Crippen LogP contribution in [-0.4, -0.2) is 16.3 Å². The third-order valence-electron chi connectivity index (χ3n) is 3.02. The summed E-state index contributed by atoms with van der Waals surface area (Å²) in [6.07, 6.45) is 5.98. The summed E-state index contributed by atoms with van der Waals surface area (Å²) in [6.45, 7) is 3.86. The summed E-state index contributed by atoms with van der Waals surface area (Å²) >= 11 is 0. The van der Waals surface area contributed by atoms with Crippen LogP contribution in [0.3, 0.4) is 0 Å². The van der Waals surface area contributed by atoms with Crippen molar-refractivity contribution < 1.29 is 0 Å². The number of hydrogen-bond acceptors (Lipinski definition) is 2. The molecule has 0 atom stereocenters. The topological polar surface area (TPSA) is 43.8 Å². The second-order valence-corrected chi connectivity index (χ2v) is 3.93. The van der Waals surface area contributed by atoms with Gasteiger partial charge in [-0.25, -0.2) is 0 Å². The Bertz CT molecular complexity index is 315. The molecule has 2 rings (SSSR count). The first-order chi connectivity index (χ1) is 6.86. The van der Waals surface area contributed by atoms with Gasteiger partial charge in [-0.2, -0.15) is 5.10 Å². The van der Waals surface area contributed by atoms with E-state index < -0.39 is 0 Å². The Morgan fingerprint density at radius 3 is 2.86 bits per heavy atom. The first kappa shape index (κ1) is 9.71. The first-order valence-corrected chi connectivity index (χ1v) is 5.64. The van der Waals surface area contributed by atoms with E-state index in [-0.39, 0.29) is 0 Å². The van der Waals surface area contributed by atoms with Crippen LogP contribution in [0.2, 0.25) is 0 Å². The summed E-state index contributed by atoms with van der Waals surface area (Å²) in [4.78, 5) is 0. The molecule has 0 fully saturated rings. The van der Waals surface area contributed by atoms with Gasteiger partial charge < -0.3 is 5.73 Å². The molecule has 3 heteroatoms. The van der Waals surface area contributed by atoms with E-state index in [1.807, 2.05) is 0 Å². The van der Waals surface area contributed by atoms with Crippen molar-refractivity contribution in [2.24, 2.45) is 5.73 Å². The Morgan fingerprint density at radius 2 is 2.14 bits per heavy atom. The summed E-state index contributed by atoms with van der Waals surface area (Å²) < 4.78 is 2.14. The molecule has 0 saturated carbocycles. The first-order valence-electron chi connectivity index (χ1n) is 5.64. The van der Waals surface area contributed by atoms with Crippen LogP contribution in [0.4, 0.5) is 0 Å². The third kappa shape index (κ3) is 1.57. The molecule has 0 bridgehead atoms. The Morgan fingerprint density at radius 1 is 1.36 bits per heavy atom. The van der Waals surface area contributed by atoms with Crippen molar-refractivity contribution in [2.75, 3.05) is 6.54 Å². The fourth-order valence-electron chi connectivity index (χ4n) is 2.35. The number of aryl methyl sites for hydroxylation is 2. The number of hydrogen-bond donors (Lipinski definition) is 1. The molecule has 1 aliphatic rings. The minimum absolute atomic E-state index is 0.734. The molecule has 2 N–H and O–H groups in total. The van der Waals surface area contributed by atoms with Crippen LogP contribution in [0.1, 0.15) is 36.7 Å². The second-order valence-electron chi connectivity index (χ2n) is 3.93. The molecule has 1 aromatic heterocycles. The van der Waals surface area contributed by atoms with Gasteiger partial charge in [-0.3, -0.25) is 4.68 Å². The molecule has 0 saturated heterocycles. The highest BCUT2D eigenvalue weighted by Gasteiger charge is 2.18. The lowest BCUT2D eigenvalue weighted by atomic mass is 9.95. The molecule has 14 heavy (non-hydrogen) atoms. The average molecular weight is 193 g/mol. The van der Waals surface area contributed by atoms with Gasteiger partial charge in [0.2, 0.25) is 0 Å². The van der Waals surface area contributed by atoms with E-state index in [1.54, 1.807) is 0 Å². The van der Waals surface area contributed by atoms with Crippen LogP contribution >= 0.6 is 0 Å². The number of fused-ring (bicyclic) bond motifs is 1. The summed E-state index contributed by atoms with van der Waals surface area (Å²) in [7, 11) is 0. The van der Waals surface area contributed by atoms with E-state index in [4.69, 9.17) is 5.73 Å². The minimum Gasteiger partial charge on any atom is -0.330 e. The van der Waals surface area contributed by atoms with E-state index in [2.05, 4.69) is 16.7 Å². The van der Waals surface area contributed by atoms with Gasteiger partial charge in [0.25, 0.3) is 0 Å². The number of nitrogens with zero attached hydrogens (tertiary/aromatic N) is 2. The van der Waals surface area contributed by atoms with Crippen molar-refractivity contribution in [1.29, 1.82) is 0 Å². The molecule has 0 amide bonds. The zero-order valence-electron chi connectivity index (χ0n) is 8.92. The zero-order valence-corrected chi connectivity index (χ0v) is 8.92. The Labute approximate surface area is 85.3 Å². The molecule has 1 heterocycles. The largest absolute Gasteiger partial charge is 0.330 e. The lowest BCUT2D eigenvalue weighted by Gasteiger charge is -2.10. The van der Waals surface area contributed by atoms with Crippen molar-refractivity contribution in [1.82, 2.24) is 9.78 Å². The van der Waals surface area contributed by atoms with Gasteiger partial charge in [0.15, 0.2) is 0 Å². The predicted octanol–water partition coefficient (Wildman–Crippen LogP) is 1.28. The number of rotatable bonds is 3. The third-order valence-corrected chi connectivity index (χ3v) is 3.02. The van der Waals surface area contributed by atoms with Crippen molar-refractivity contribution >= 4 is 0 Å². The molecule has 78 valence electrons. The van der Waals surface area contributed by atoms with Crippen LogP contribution in [0, 0.1) is 0 Å². The van der Waals surface area contributed by atoms with Gasteiger partial charge in [-0.05, 0) is 44.7 Å². The zero-order chi connectivity index (χ0) is 9.97. The smallest absolute Gasteiger partial charge is 0.0659 e.